The molecule has 6 rings (SSSR count). The fourth-order valence-electron chi connectivity index (χ4n) is 7.08. The molecule has 1 spiro atoms. The zero-order chi connectivity index (χ0) is 33.4. The number of hydrogen-bond acceptors (Lipinski definition) is 5. The van der Waals surface area contributed by atoms with Gasteiger partial charge in [0.25, 0.3) is 5.91 Å². The maximum atomic E-state index is 13.7. The Morgan fingerprint density at radius 2 is 1.51 bits per heavy atom. The molecule has 4 heterocycles. The molecule has 2 amide bonds. The zero-order valence-electron chi connectivity index (χ0n) is 25.5. The molecule has 7 nitrogen and oxygen atoms in total. The number of amides is 2. The van der Waals surface area contributed by atoms with Crippen LogP contribution in [0.5, 0.6) is 0 Å². The highest BCUT2D eigenvalue weighted by molar-refractivity contribution is 5.95. The Morgan fingerprint density at radius 1 is 0.851 bits per heavy atom. The van der Waals surface area contributed by atoms with Crippen LogP contribution in [-0.2, 0) is 30.1 Å². The van der Waals surface area contributed by atoms with Gasteiger partial charge in [-0.1, -0.05) is 30.3 Å². The highest BCUT2D eigenvalue weighted by Crippen LogP contribution is 2.39. The summed E-state index contributed by atoms with van der Waals surface area (Å²) in [4.78, 5) is 32.0. The summed E-state index contributed by atoms with van der Waals surface area (Å²) in [6.45, 7) is 2.48. The number of halogens is 6. The van der Waals surface area contributed by atoms with Crippen molar-refractivity contribution in [3.05, 3.63) is 94.9 Å². The molecule has 0 N–H and O–H groups in total. The highest BCUT2D eigenvalue weighted by atomic mass is 19.4. The molecule has 3 saturated heterocycles. The average molecular weight is 664 g/mol. The molecule has 252 valence electrons. The van der Waals surface area contributed by atoms with E-state index >= 15 is 0 Å². The van der Waals surface area contributed by atoms with Crippen LogP contribution in [-0.4, -0.2) is 70.6 Å². The molecule has 3 aromatic rings. The fourth-order valence-corrected chi connectivity index (χ4v) is 7.08. The van der Waals surface area contributed by atoms with E-state index in [1.807, 2.05) is 30.3 Å². The normalized spacial score (nSPS) is 22.4. The zero-order valence-corrected chi connectivity index (χ0v) is 25.5. The Hall–Kier alpha value is -4.00. The average Bonchev–Trinajstić information content (AvgIpc) is 3.55. The van der Waals surface area contributed by atoms with Gasteiger partial charge in [0.15, 0.2) is 0 Å². The number of carbonyl (C=O) groups excluding carboxylic acids is 2. The lowest BCUT2D eigenvalue weighted by molar-refractivity contribution is -0.143. The van der Waals surface area contributed by atoms with E-state index in [4.69, 9.17) is 9.15 Å². The number of nitrogens with zero attached hydrogens (tertiary/aromatic N) is 3. The number of benzene rings is 2. The molecule has 3 aliphatic heterocycles. The minimum Gasteiger partial charge on any atom is -0.472 e. The first-order valence-corrected chi connectivity index (χ1v) is 15.7. The van der Waals surface area contributed by atoms with Gasteiger partial charge in [0.05, 0.1) is 30.2 Å². The van der Waals surface area contributed by atoms with E-state index in [1.54, 1.807) is 23.5 Å². The largest absolute Gasteiger partial charge is 0.472 e. The van der Waals surface area contributed by atoms with Crippen LogP contribution in [0.2, 0.25) is 0 Å². The number of rotatable bonds is 6. The van der Waals surface area contributed by atoms with Crippen LogP contribution in [0, 0.1) is 0 Å². The summed E-state index contributed by atoms with van der Waals surface area (Å²) in [7, 11) is 0. The number of hydrogen-bond donors (Lipinski definition) is 0. The van der Waals surface area contributed by atoms with E-state index in [0.29, 0.717) is 76.8 Å². The number of alkyl halides is 6. The lowest BCUT2D eigenvalue weighted by Gasteiger charge is -2.49. The predicted molar refractivity (Wildman–Crippen MR) is 158 cm³/mol. The molecular weight excluding hydrogens is 628 g/mol. The molecule has 0 saturated carbocycles. The Bertz CT molecular complexity index is 1520. The van der Waals surface area contributed by atoms with Crippen LogP contribution in [0.1, 0.15) is 64.7 Å². The molecule has 0 bridgehead atoms. The first-order chi connectivity index (χ1) is 22.3. The third kappa shape index (κ3) is 7.45. The number of ether oxygens (including phenoxy) is 1. The van der Waals surface area contributed by atoms with Crippen LogP contribution in [0.4, 0.5) is 31.1 Å². The van der Waals surface area contributed by atoms with Crippen molar-refractivity contribution in [2.45, 2.75) is 75.1 Å². The van der Waals surface area contributed by atoms with Gasteiger partial charge in [-0.15, -0.1) is 0 Å². The minimum atomic E-state index is -5.05. The maximum Gasteiger partial charge on any atom is 0.416 e. The van der Waals surface area contributed by atoms with Crippen molar-refractivity contribution in [1.29, 1.82) is 0 Å². The molecular formula is C34H35F6N3O4. The van der Waals surface area contributed by atoms with Gasteiger partial charge in [0.2, 0.25) is 0 Å². The lowest BCUT2D eigenvalue weighted by atomic mass is 9.84. The first kappa shape index (κ1) is 32.9. The van der Waals surface area contributed by atoms with E-state index in [-0.39, 0.29) is 24.7 Å². The molecule has 3 fully saturated rings. The Balaban J connectivity index is 1.16. The van der Waals surface area contributed by atoms with Crippen molar-refractivity contribution in [1.82, 2.24) is 14.7 Å². The summed E-state index contributed by atoms with van der Waals surface area (Å²) in [5.41, 5.74) is -2.43. The number of furan rings is 1. The summed E-state index contributed by atoms with van der Waals surface area (Å²) in [6.07, 6.45) is -3.92. The molecule has 47 heavy (non-hydrogen) atoms. The molecule has 1 unspecified atom stereocenters. The van der Waals surface area contributed by atoms with Crippen molar-refractivity contribution in [2.75, 3.05) is 26.2 Å². The van der Waals surface area contributed by atoms with Gasteiger partial charge in [-0.05, 0) is 49.1 Å². The Morgan fingerprint density at radius 3 is 2.11 bits per heavy atom. The Kier molecular flexibility index (Phi) is 9.03. The van der Waals surface area contributed by atoms with Crippen molar-refractivity contribution < 1.29 is 45.1 Å². The van der Waals surface area contributed by atoms with Gasteiger partial charge in [0, 0.05) is 68.7 Å². The highest BCUT2D eigenvalue weighted by Gasteiger charge is 2.45. The van der Waals surface area contributed by atoms with Crippen LogP contribution in [0.15, 0.2) is 71.5 Å². The summed E-state index contributed by atoms with van der Waals surface area (Å²) in [6, 6.07) is 11.7. The van der Waals surface area contributed by atoms with E-state index < -0.39 is 46.6 Å². The van der Waals surface area contributed by atoms with Crippen LogP contribution >= 0.6 is 0 Å². The molecule has 0 radical (unpaired) electrons. The third-order valence-electron chi connectivity index (χ3n) is 9.68. The van der Waals surface area contributed by atoms with Crippen LogP contribution < -0.4 is 0 Å². The molecule has 2 aromatic carbocycles. The van der Waals surface area contributed by atoms with Crippen molar-refractivity contribution >= 4 is 12.0 Å². The van der Waals surface area contributed by atoms with Gasteiger partial charge in [-0.3, -0.25) is 9.69 Å². The number of piperidine rings is 2. The standard InChI is InChI=1S/C34H35F6N3O4/c35-33(36,37)26-17-25(18-27(19-26)34(38,39)40)30(44)43-11-6-28(20-29(43)16-23-4-2-1-3-5-23)41-12-8-32(9-13-41)10-14-42(31(45)47-32)21-24-7-15-46-22-24/h1-5,7,15,17-19,22,28-29H,6,8-14,16,20-21H2/t28?,29-/m1/s1. The van der Waals surface area contributed by atoms with Gasteiger partial charge in [-0.25, -0.2) is 4.79 Å². The van der Waals surface area contributed by atoms with E-state index in [2.05, 4.69) is 4.90 Å². The van der Waals surface area contributed by atoms with E-state index in [0.717, 1.165) is 11.1 Å². The molecule has 2 atom stereocenters. The lowest BCUT2D eigenvalue weighted by Crippen LogP contribution is -2.58. The topological polar surface area (TPSA) is 66.2 Å². The molecule has 3 aliphatic rings. The van der Waals surface area contributed by atoms with Gasteiger partial charge < -0.3 is 19.0 Å². The molecule has 13 heteroatoms. The molecule has 0 aliphatic carbocycles. The minimum absolute atomic E-state index is 0.0359. The number of likely N-dealkylation sites (tertiary alicyclic amines) is 2. The second kappa shape index (κ2) is 12.9. The van der Waals surface area contributed by atoms with E-state index in [9.17, 15) is 35.9 Å². The van der Waals surface area contributed by atoms with Gasteiger partial charge in [0.1, 0.15) is 5.60 Å². The quantitative estimate of drug-likeness (QED) is 0.257. The van der Waals surface area contributed by atoms with Crippen LogP contribution in [0.3, 0.4) is 0 Å². The summed E-state index contributed by atoms with van der Waals surface area (Å²) in [5, 5.41) is 0. The fraction of sp³-hybridized carbons (Fsp3) is 0.471. The van der Waals surface area contributed by atoms with Crippen molar-refractivity contribution in [2.24, 2.45) is 0 Å². The smallest absolute Gasteiger partial charge is 0.416 e. The summed E-state index contributed by atoms with van der Waals surface area (Å²) >= 11 is 0. The van der Waals surface area contributed by atoms with E-state index in [1.165, 1.54) is 4.90 Å². The number of carbonyl (C=O) groups is 2. The predicted octanol–water partition coefficient (Wildman–Crippen LogP) is 7.41. The van der Waals surface area contributed by atoms with Crippen molar-refractivity contribution in [3.8, 4) is 0 Å². The Labute approximate surface area is 268 Å². The first-order valence-electron chi connectivity index (χ1n) is 15.7. The maximum absolute atomic E-state index is 13.7. The molecule has 1 aromatic heterocycles. The summed E-state index contributed by atoms with van der Waals surface area (Å²) < 4.78 is 92.6. The van der Waals surface area contributed by atoms with Crippen LogP contribution in [0.25, 0.3) is 0 Å². The second-order valence-corrected chi connectivity index (χ2v) is 12.7. The van der Waals surface area contributed by atoms with Gasteiger partial charge in [-0.2, -0.15) is 26.3 Å². The SMILES string of the molecule is O=C1OC2(CCN1Cc1ccoc1)CCN(C1CCN(C(=O)c3cc(C(F)(F)F)cc(C(F)(F)F)c3)[C@H](Cc3ccccc3)C1)CC2. The van der Waals surface area contributed by atoms with Gasteiger partial charge >= 0.3 is 18.4 Å². The monoisotopic (exact) mass is 663 g/mol. The third-order valence-corrected chi connectivity index (χ3v) is 9.68. The second-order valence-electron chi connectivity index (χ2n) is 12.7. The summed E-state index contributed by atoms with van der Waals surface area (Å²) in [5.74, 6) is -0.854. The van der Waals surface area contributed by atoms with Crippen molar-refractivity contribution in [3.63, 3.8) is 0 Å².